The summed E-state index contributed by atoms with van der Waals surface area (Å²) in [6, 6.07) is 18.1. The van der Waals surface area contributed by atoms with Crippen LogP contribution in [0.15, 0.2) is 65.6 Å². The predicted molar refractivity (Wildman–Crippen MR) is 115 cm³/mol. The molecule has 0 unspecified atom stereocenters. The van der Waals surface area contributed by atoms with Gasteiger partial charge in [0.05, 0.1) is 4.90 Å². The van der Waals surface area contributed by atoms with Crippen molar-refractivity contribution in [1.29, 1.82) is 0 Å². The molecular formula is C22H21ClN2O3S. The molecule has 29 heavy (non-hydrogen) atoms. The van der Waals surface area contributed by atoms with Gasteiger partial charge in [-0.3, -0.25) is 4.79 Å². The molecule has 0 aliphatic carbocycles. The fourth-order valence-corrected chi connectivity index (χ4v) is 5.25. The first-order valence-electron chi connectivity index (χ1n) is 9.41. The van der Waals surface area contributed by atoms with Crippen LogP contribution in [0.4, 0.5) is 0 Å². The van der Waals surface area contributed by atoms with Crippen LogP contribution in [0.1, 0.15) is 15.9 Å². The van der Waals surface area contributed by atoms with Crippen molar-refractivity contribution in [3.63, 3.8) is 0 Å². The largest absolute Gasteiger partial charge is 0.336 e. The third-order valence-corrected chi connectivity index (χ3v) is 7.69. The molecule has 1 aliphatic heterocycles. The number of carbonyl (C=O) groups excluding carboxylic acids is 1. The van der Waals surface area contributed by atoms with Crippen LogP contribution in [0.5, 0.6) is 0 Å². The number of halogens is 1. The topological polar surface area (TPSA) is 57.7 Å². The number of nitrogens with zero attached hydrogens (tertiary/aromatic N) is 2. The Morgan fingerprint density at radius 3 is 2.31 bits per heavy atom. The summed E-state index contributed by atoms with van der Waals surface area (Å²) in [4.78, 5) is 14.8. The van der Waals surface area contributed by atoms with Gasteiger partial charge in [0.25, 0.3) is 5.91 Å². The molecule has 0 atom stereocenters. The highest BCUT2D eigenvalue weighted by Crippen LogP contribution is 2.24. The average molecular weight is 429 g/mol. The number of amides is 1. The molecule has 5 nitrogen and oxygen atoms in total. The lowest BCUT2D eigenvalue weighted by Crippen LogP contribution is -2.50. The molecule has 1 amide bonds. The zero-order valence-electron chi connectivity index (χ0n) is 16.0. The van der Waals surface area contributed by atoms with E-state index >= 15 is 0 Å². The van der Waals surface area contributed by atoms with Gasteiger partial charge in [0.15, 0.2) is 0 Å². The number of sulfonamides is 1. The Hall–Kier alpha value is -2.41. The monoisotopic (exact) mass is 428 g/mol. The van der Waals surface area contributed by atoms with Crippen LogP contribution in [0.2, 0.25) is 5.02 Å². The highest BCUT2D eigenvalue weighted by atomic mass is 35.5. The Morgan fingerprint density at radius 1 is 0.897 bits per heavy atom. The standard InChI is InChI=1S/C22H21ClN2O3S/c1-16-20(7-4-8-21(16)23)22(26)24-11-13-25(14-12-24)29(27,28)19-10-9-17-5-2-3-6-18(17)15-19/h2-10,15H,11-14H2,1H3. The maximum Gasteiger partial charge on any atom is 0.254 e. The zero-order chi connectivity index (χ0) is 20.6. The van der Waals surface area contributed by atoms with E-state index in [4.69, 9.17) is 11.6 Å². The molecule has 0 bridgehead atoms. The second-order valence-corrected chi connectivity index (χ2v) is 9.46. The minimum absolute atomic E-state index is 0.118. The smallest absolute Gasteiger partial charge is 0.254 e. The molecule has 0 radical (unpaired) electrons. The Bertz CT molecular complexity index is 1190. The minimum atomic E-state index is -3.61. The average Bonchev–Trinajstić information content (AvgIpc) is 2.75. The van der Waals surface area contributed by atoms with Crippen molar-refractivity contribution in [2.45, 2.75) is 11.8 Å². The van der Waals surface area contributed by atoms with Crippen LogP contribution in [-0.2, 0) is 10.0 Å². The maximum atomic E-state index is 13.1. The SMILES string of the molecule is Cc1c(Cl)cccc1C(=O)N1CCN(S(=O)(=O)c2ccc3ccccc3c2)CC1. The second kappa shape index (κ2) is 7.78. The van der Waals surface area contributed by atoms with Crippen molar-refractivity contribution in [2.24, 2.45) is 0 Å². The number of hydrogen-bond donors (Lipinski definition) is 0. The number of fused-ring (bicyclic) bond motifs is 1. The first kappa shape index (κ1) is 19.9. The quantitative estimate of drug-likeness (QED) is 0.634. The van der Waals surface area contributed by atoms with E-state index < -0.39 is 10.0 Å². The highest BCUT2D eigenvalue weighted by Gasteiger charge is 2.31. The van der Waals surface area contributed by atoms with Crippen molar-refractivity contribution in [3.05, 3.63) is 76.8 Å². The summed E-state index contributed by atoms with van der Waals surface area (Å²) in [5, 5.41) is 2.44. The predicted octanol–water partition coefficient (Wildman–Crippen LogP) is 3.95. The van der Waals surface area contributed by atoms with Crippen LogP contribution < -0.4 is 0 Å². The first-order valence-corrected chi connectivity index (χ1v) is 11.2. The summed E-state index contributed by atoms with van der Waals surface area (Å²) in [7, 11) is -3.61. The molecular weight excluding hydrogens is 408 g/mol. The molecule has 0 aromatic heterocycles. The summed E-state index contributed by atoms with van der Waals surface area (Å²) in [5.41, 5.74) is 1.30. The van der Waals surface area contributed by atoms with Crippen LogP contribution in [0.3, 0.4) is 0 Å². The third-order valence-electron chi connectivity index (χ3n) is 5.38. The Kier molecular flexibility index (Phi) is 5.34. The molecule has 3 aromatic rings. The lowest BCUT2D eigenvalue weighted by molar-refractivity contribution is 0.0697. The van der Waals surface area contributed by atoms with Gasteiger partial charge in [-0.25, -0.2) is 8.42 Å². The molecule has 1 saturated heterocycles. The van der Waals surface area contributed by atoms with Gasteiger partial charge in [0.1, 0.15) is 0 Å². The van der Waals surface area contributed by atoms with Crippen molar-refractivity contribution in [3.8, 4) is 0 Å². The number of benzene rings is 3. The lowest BCUT2D eigenvalue weighted by atomic mass is 10.1. The van der Waals surface area contributed by atoms with E-state index in [-0.39, 0.29) is 23.9 Å². The van der Waals surface area contributed by atoms with Gasteiger partial charge in [-0.05, 0) is 47.5 Å². The second-order valence-electron chi connectivity index (χ2n) is 7.12. The van der Waals surface area contributed by atoms with Crippen molar-refractivity contribution in [1.82, 2.24) is 9.21 Å². The van der Waals surface area contributed by atoms with Gasteiger partial charge < -0.3 is 4.90 Å². The van der Waals surface area contributed by atoms with E-state index in [0.29, 0.717) is 23.7 Å². The van der Waals surface area contributed by atoms with Crippen LogP contribution >= 0.6 is 11.6 Å². The maximum absolute atomic E-state index is 13.1. The van der Waals surface area contributed by atoms with Gasteiger partial charge in [-0.15, -0.1) is 0 Å². The minimum Gasteiger partial charge on any atom is -0.336 e. The van der Waals surface area contributed by atoms with Crippen LogP contribution in [-0.4, -0.2) is 49.7 Å². The molecule has 0 saturated carbocycles. The van der Waals surface area contributed by atoms with Gasteiger partial charge in [-0.1, -0.05) is 48.0 Å². The molecule has 1 fully saturated rings. The summed E-state index contributed by atoms with van der Waals surface area (Å²) >= 11 is 6.13. The number of carbonyl (C=O) groups is 1. The number of rotatable bonds is 3. The molecule has 1 aliphatic rings. The number of piperazine rings is 1. The van der Waals surface area contributed by atoms with Gasteiger partial charge in [0.2, 0.25) is 10.0 Å². The normalized spacial score (nSPS) is 15.6. The number of hydrogen-bond acceptors (Lipinski definition) is 3. The zero-order valence-corrected chi connectivity index (χ0v) is 17.6. The summed E-state index contributed by atoms with van der Waals surface area (Å²) in [6.07, 6.45) is 0. The van der Waals surface area contributed by atoms with Gasteiger partial charge in [-0.2, -0.15) is 4.31 Å². The van der Waals surface area contributed by atoms with E-state index in [0.717, 1.165) is 16.3 Å². The fourth-order valence-electron chi connectivity index (χ4n) is 3.62. The van der Waals surface area contributed by atoms with Gasteiger partial charge >= 0.3 is 0 Å². The van der Waals surface area contributed by atoms with Crippen molar-refractivity contribution < 1.29 is 13.2 Å². The third kappa shape index (κ3) is 3.75. The van der Waals surface area contributed by atoms with Crippen molar-refractivity contribution in [2.75, 3.05) is 26.2 Å². The highest BCUT2D eigenvalue weighted by molar-refractivity contribution is 7.89. The Labute approximate surface area is 175 Å². The van der Waals surface area contributed by atoms with Gasteiger partial charge in [0, 0.05) is 36.8 Å². The Morgan fingerprint density at radius 2 is 1.59 bits per heavy atom. The molecule has 4 rings (SSSR count). The summed E-state index contributed by atoms with van der Waals surface area (Å²) < 4.78 is 27.6. The van der Waals surface area contributed by atoms with Crippen LogP contribution in [0.25, 0.3) is 10.8 Å². The Balaban J connectivity index is 1.51. The lowest BCUT2D eigenvalue weighted by Gasteiger charge is -2.34. The van der Waals surface area contributed by atoms with E-state index in [1.165, 1.54) is 4.31 Å². The molecule has 0 spiro atoms. The van der Waals surface area contributed by atoms with Crippen LogP contribution in [0, 0.1) is 6.92 Å². The van der Waals surface area contributed by atoms with E-state index in [1.807, 2.05) is 37.3 Å². The van der Waals surface area contributed by atoms with E-state index in [9.17, 15) is 13.2 Å². The first-order chi connectivity index (χ1) is 13.9. The molecule has 0 N–H and O–H groups in total. The fraction of sp³-hybridized carbons (Fsp3) is 0.227. The molecule has 3 aromatic carbocycles. The summed E-state index contributed by atoms with van der Waals surface area (Å²) in [6.45, 7) is 3.03. The molecule has 7 heteroatoms. The van der Waals surface area contributed by atoms with E-state index in [1.54, 1.807) is 35.2 Å². The van der Waals surface area contributed by atoms with Crippen molar-refractivity contribution >= 4 is 38.3 Å². The van der Waals surface area contributed by atoms with E-state index in [2.05, 4.69) is 0 Å². The molecule has 150 valence electrons. The summed E-state index contributed by atoms with van der Waals surface area (Å²) in [5.74, 6) is -0.118. The molecule has 1 heterocycles.